The molecule has 0 saturated heterocycles. The number of tetrazole rings is 1. The number of amides is 1. The van der Waals surface area contributed by atoms with Gasteiger partial charge >= 0.3 is 5.97 Å². The van der Waals surface area contributed by atoms with Gasteiger partial charge in [0.15, 0.2) is 0 Å². The van der Waals surface area contributed by atoms with E-state index < -0.39 is 17.9 Å². The molecule has 1 N–H and O–H groups in total. The van der Waals surface area contributed by atoms with Crippen LogP contribution in [-0.2, 0) is 20.9 Å². The zero-order valence-corrected chi connectivity index (χ0v) is 15.0. The second-order valence-electron chi connectivity index (χ2n) is 5.61. The Labute approximate surface area is 150 Å². The zero-order chi connectivity index (χ0) is 18.4. The first-order valence-corrected chi connectivity index (χ1v) is 8.23. The first kappa shape index (κ1) is 18.9. The Morgan fingerprint density at radius 3 is 2.80 bits per heavy atom. The van der Waals surface area contributed by atoms with Gasteiger partial charge in [-0.1, -0.05) is 44.0 Å². The highest BCUT2D eigenvalue weighted by Crippen LogP contribution is 2.18. The first-order valence-electron chi connectivity index (χ1n) is 7.85. The van der Waals surface area contributed by atoms with Crippen molar-refractivity contribution < 1.29 is 14.3 Å². The third-order valence-corrected chi connectivity index (χ3v) is 4.04. The molecule has 0 aliphatic carbocycles. The standard InChI is InChI=1S/C16H20ClN5O3/c1-4-10(2)14(16(24)25-3)18-13(23)9-22-20-15(19-21-22)11-6-5-7-12(17)8-11/h5-8,10,14H,4,9H2,1-3H3,(H,18,23)/t10-,14-/m0/s1. The normalized spacial score (nSPS) is 13.1. The van der Waals surface area contributed by atoms with Gasteiger partial charge in [-0.3, -0.25) is 4.79 Å². The molecule has 2 rings (SSSR count). The van der Waals surface area contributed by atoms with Gasteiger partial charge in [0.1, 0.15) is 12.6 Å². The highest BCUT2D eigenvalue weighted by molar-refractivity contribution is 6.30. The Bertz CT molecular complexity index is 749. The Balaban J connectivity index is 2.04. The fourth-order valence-corrected chi connectivity index (χ4v) is 2.39. The summed E-state index contributed by atoms with van der Waals surface area (Å²) in [7, 11) is 1.29. The van der Waals surface area contributed by atoms with E-state index in [-0.39, 0.29) is 12.5 Å². The largest absolute Gasteiger partial charge is 0.467 e. The lowest BCUT2D eigenvalue weighted by Crippen LogP contribution is -2.46. The molecule has 0 aliphatic heterocycles. The van der Waals surface area contributed by atoms with E-state index in [1.807, 2.05) is 13.8 Å². The van der Waals surface area contributed by atoms with Gasteiger partial charge in [-0.2, -0.15) is 4.80 Å². The number of aromatic nitrogens is 4. The summed E-state index contributed by atoms with van der Waals surface area (Å²) >= 11 is 5.94. The van der Waals surface area contributed by atoms with Crippen molar-refractivity contribution in [2.24, 2.45) is 5.92 Å². The highest BCUT2D eigenvalue weighted by Gasteiger charge is 2.26. The average Bonchev–Trinajstić information content (AvgIpc) is 3.06. The highest BCUT2D eigenvalue weighted by atomic mass is 35.5. The summed E-state index contributed by atoms with van der Waals surface area (Å²) in [6.07, 6.45) is 0.723. The van der Waals surface area contributed by atoms with Gasteiger partial charge in [0.05, 0.1) is 7.11 Å². The number of benzene rings is 1. The van der Waals surface area contributed by atoms with Crippen LogP contribution in [0.5, 0.6) is 0 Å². The summed E-state index contributed by atoms with van der Waals surface area (Å²) in [5, 5.41) is 15.1. The molecular formula is C16H20ClN5O3. The number of hydrogen-bond donors (Lipinski definition) is 1. The zero-order valence-electron chi connectivity index (χ0n) is 14.3. The Morgan fingerprint density at radius 1 is 1.40 bits per heavy atom. The van der Waals surface area contributed by atoms with Crippen LogP contribution in [0.1, 0.15) is 20.3 Å². The summed E-state index contributed by atoms with van der Waals surface area (Å²) in [5.74, 6) is -0.566. The van der Waals surface area contributed by atoms with Crippen LogP contribution in [0.4, 0.5) is 0 Å². The molecule has 8 nitrogen and oxygen atoms in total. The molecule has 1 aromatic carbocycles. The first-order chi connectivity index (χ1) is 11.9. The van der Waals surface area contributed by atoms with Gasteiger partial charge in [-0.25, -0.2) is 4.79 Å². The minimum absolute atomic E-state index is 0.0536. The van der Waals surface area contributed by atoms with Gasteiger partial charge in [0.25, 0.3) is 0 Å². The topological polar surface area (TPSA) is 99.0 Å². The molecule has 2 aromatic rings. The van der Waals surface area contributed by atoms with E-state index >= 15 is 0 Å². The number of methoxy groups -OCH3 is 1. The van der Waals surface area contributed by atoms with Crippen molar-refractivity contribution in [3.05, 3.63) is 29.3 Å². The van der Waals surface area contributed by atoms with Crippen LogP contribution in [0.15, 0.2) is 24.3 Å². The lowest BCUT2D eigenvalue weighted by molar-refractivity contribution is -0.146. The molecule has 1 heterocycles. The molecule has 0 saturated carbocycles. The quantitative estimate of drug-likeness (QED) is 0.750. The molecule has 1 amide bonds. The van der Waals surface area contributed by atoms with Crippen molar-refractivity contribution >= 4 is 23.5 Å². The predicted octanol–water partition coefficient (Wildman–Crippen LogP) is 1.70. The van der Waals surface area contributed by atoms with Crippen molar-refractivity contribution in [3.63, 3.8) is 0 Å². The number of hydrogen-bond acceptors (Lipinski definition) is 6. The number of carbonyl (C=O) groups excluding carboxylic acids is 2. The predicted molar refractivity (Wildman–Crippen MR) is 91.7 cm³/mol. The molecule has 0 aliphatic rings. The molecule has 0 fully saturated rings. The maximum absolute atomic E-state index is 12.2. The smallest absolute Gasteiger partial charge is 0.328 e. The minimum Gasteiger partial charge on any atom is -0.467 e. The third-order valence-electron chi connectivity index (χ3n) is 3.81. The molecule has 1 aromatic heterocycles. The number of esters is 1. The molecule has 0 bridgehead atoms. The number of halogens is 1. The Morgan fingerprint density at radius 2 is 2.16 bits per heavy atom. The summed E-state index contributed by atoms with van der Waals surface area (Å²) in [6.45, 7) is 3.65. The van der Waals surface area contributed by atoms with Gasteiger partial charge in [-0.05, 0) is 23.3 Å². The monoisotopic (exact) mass is 365 g/mol. The number of nitrogens with one attached hydrogen (secondary N) is 1. The number of carbonyl (C=O) groups is 2. The van der Waals surface area contributed by atoms with E-state index in [2.05, 4.69) is 20.7 Å². The van der Waals surface area contributed by atoms with Crippen molar-refractivity contribution in [1.29, 1.82) is 0 Å². The second-order valence-corrected chi connectivity index (χ2v) is 6.04. The molecule has 2 atom stereocenters. The van der Waals surface area contributed by atoms with Gasteiger partial charge in [-0.15, -0.1) is 10.2 Å². The summed E-state index contributed by atoms with van der Waals surface area (Å²) in [5.41, 5.74) is 0.700. The van der Waals surface area contributed by atoms with Crippen LogP contribution < -0.4 is 5.32 Å². The lowest BCUT2D eigenvalue weighted by atomic mass is 9.99. The number of rotatable bonds is 7. The number of nitrogens with zero attached hydrogens (tertiary/aromatic N) is 4. The molecule has 134 valence electrons. The van der Waals surface area contributed by atoms with Crippen molar-refractivity contribution in [3.8, 4) is 11.4 Å². The van der Waals surface area contributed by atoms with Crippen LogP contribution in [0.25, 0.3) is 11.4 Å². The van der Waals surface area contributed by atoms with E-state index in [0.29, 0.717) is 16.4 Å². The maximum atomic E-state index is 12.2. The Hall–Kier alpha value is -2.48. The second kappa shape index (κ2) is 8.57. The van der Waals surface area contributed by atoms with Gasteiger partial charge in [0.2, 0.25) is 11.7 Å². The molecule has 9 heteroatoms. The third kappa shape index (κ3) is 4.99. The fourth-order valence-electron chi connectivity index (χ4n) is 2.20. The van der Waals surface area contributed by atoms with Crippen LogP contribution in [0.2, 0.25) is 5.02 Å². The van der Waals surface area contributed by atoms with Gasteiger partial charge < -0.3 is 10.1 Å². The van der Waals surface area contributed by atoms with E-state index in [1.165, 1.54) is 7.11 Å². The molecular weight excluding hydrogens is 346 g/mol. The molecule has 0 radical (unpaired) electrons. The van der Waals surface area contributed by atoms with E-state index in [4.69, 9.17) is 16.3 Å². The lowest BCUT2D eigenvalue weighted by Gasteiger charge is -2.21. The van der Waals surface area contributed by atoms with E-state index in [9.17, 15) is 9.59 Å². The Kier molecular flexibility index (Phi) is 6.46. The minimum atomic E-state index is -0.710. The summed E-state index contributed by atoms with van der Waals surface area (Å²) in [6, 6.07) is 6.31. The van der Waals surface area contributed by atoms with Gasteiger partial charge in [0, 0.05) is 10.6 Å². The van der Waals surface area contributed by atoms with E-state index in [1.54, 1.807) is 24.3 Å². The van der Waals surface area contributed by atoms with E-state index in [0.717, 1.165) is 11.2 Å². The van der Waals surface area contributed by atoms with Crippen LogP contribution in [0, 0.1) is 5.92 Å². The molecule has 0 spiro atoms. The van der Waals surface area contributed by atoms with Crippen molar-refractivity contribution in [1.82, 2.24) is 25.5 Å². The molecule has 0 unspecified atom stereocenters. The SMILES string of the molecule is CC[C@H](C)[C@H](NC(=O)Cn1nnc(-c2cccc(Cl)c2)n1)C(=O)OC. The van der Waals surface area contributed by atoms with Crippen LogP contribution in [-0.4, -0.2) is 45.2 Å². The van der Waals surface area contributed by atoms with Crippen LogP contribution in [0.3, 0.4) is 0 Å². The summed E-state index contributed by atoms with van der Waals surface area (Å²) < 4.78 is 4.74. The van der Waals surface area contributed by atoms with Crippen molar-refractivity contribution in [2.45, 2.75) is 32.9 Å². The maximum Gasteiger partial charge on any atom is 0.328 e. The van der Waals surface area contributed by atoms with Crippen molar-refractivity contribution in [2.75, 3.05) is 7.11 Å². The van der Waals surface area contributed by atoms with Crippen LogP contribution >= 0.6 is 11.6 Å². The molecule has 25 heavy (non-hydrogen) atoms. The summed E-state index contributed by atoms with van der Waals surface area (Å²) in [4.78, 5) is 25.2. The fraction of sp³-hybridized carbons (Fsp3) is 0.438. The average molecular weight is 366 g/mol. The number of ether oxygens (including phenoxy) is 1.